The summed E-state index contributed by atoms with van der Waals surface area (Å²) in [5.41, 5.74) is 8.09. The number of nitrogens with zero attached hydrogens (tertiary/aromatic N) is 1. The van der Waals surface area contributed by atoms with Crippen LogP contribution in [0.15, 0.2) is 24.3 Å². The molecule has 0 saturated carbocycles. The lowest BCUT2D eigenvalue weighted by Crippen LogP contribution is -2.29. The zero-order valence-electron chi connectivity index (χ0n) is 9.15. The van der Waals surface area contributed by atoms with Gasteiger partial charge in [0, 0.05) is 5.69 Å². The molecule has 1 aliphatic heterocycles. The lowest BCUT2D eigenvalue weighted by molar-refractivity contribution is 0.255. The summed E-state index contributed by atoms with van der Waals surface area (Å²) in [6.45, 7) is 2.42. The molecule has 2 rings (SSSR count). The molecule has 3 heteroatoms. The van der Waals surface area contributed by atoms with Crippen molar-refractivity contribution in [2.24, 2.45) is 0 Å². The van der Waals surface area contributed by atoms with Gasteiger partial charge in [-0.3, -0.25) is 0 Å². The van der Waals surface area contributed by atoms with Crippen molar-refractivity contribution in [2.45, 2.75) is 18.8 Å². The molecule has 0 radical (unpaired) electrons. The van der Waals surface area contributed by atoms with Gasteiger partial charge in [0.15, 0.2) is 0 Å². The maximum Gasteiger partial charge on any atom is 0.0316 e. The number of benzene rings is 1. The molecule has 1 aromatic carbocycles. The summed E-state index contributed by atoms with van der Waals surface area (Å²) in [6, 6.07) is 8.34. The molecule has 2 N–H and O–H groups in total. The Kier molecular flexibility index (Phi) is 4.43. The fourth-order valence-corrected chi connectivity index (χ4v) is 2.15. The van der Waals surface area contributed by atoms with E-state index in [2.05, 4.69) is 30.1 Å². The van der Waals surface area contributed by atoms with Crippen molar-refractivity contribution in [1.29, 1.82) is 0 Å². The first-order valence-corrected chi connectivity index (χ1v) is 5.29. The molecule has 1 aliphatic rings. The van der Waals surface area contributed by atoms with Gasteiger partial charge in [-0.25, -0.2) is 0 Å². The second kappa shape index (κ2) is 5.38. The standard InChI is InChI=1S/C12H18N2.ClH/c1-14-7-5-10(6-8-14)11-3-2-4-12(13)9-11;/h2-4,9-10H,5-8,13H2,1H3;1H. The van der Waals surface area contributed by atoms with E-state index in [9.17, 15) is 0 Å². The summed E-state index contributed by atoms with van der Waals surface area (Å²) in [6.07, 6.45) is 2.53. The molecule has 2 nitrogen and oxygen atoms in total. The van der Waals surface area contributed by atoms with Gasteiger partial charge in [0.05, 0.1) is 0 Å². The van der Waals surface area contributed by atoms with Crippen molar-refractivity contribution < 1.29 is 0 Å². The van der Waals surface area contributed by atoms with Gasteiger partial charge in [0.25, 0.3) is 0 Å². The van der Waals surface area contributed by atoms with Gasteiger partial charge < -0.3 is 10.6 Å². The van der Waals surface area contributed by atoms with Crippen molar-refractivity contribution >= 4 is 18.1 Å². The average Bonchev–Trinajstić information content (AvgIpc) is 2.19. The second-order valence-electron chi connectivity index (χ2n) is 4.25. The van der Waals surface area contributed by atoms with E-state index >= 15 is 0 Å². The molecule has 0 aromatic heterocycles. The number of piperidine rings is 1. The number of hydrogen-bond acceptors (Lipinski definition) is 2. The highest BCUT2D eigenvalue weighted by atomic mass is 35.5. The van der Waals surface area contributed by atoms with Crippen LogP contribution in [0.3, 0.4) is 0 Å². The van der Waals surface area contributed by atoms with Crippen LogP contribution in [-0.2, 0) is 0 Å². The third kappa shape index (κ3) is 3.11. The van der Waals surface area contributed by atoms with Gasteiger partial charge in [-0.15, -0.1) is 12.4 Å². The topological polar surface area (TPSA) is 29.3 Å². The molecule has 0 unspecified atom stereocenters. The molecule has 0 bridgehead atoms. The van der Waals surface area contributed by atoms with Crippen LogP contribution in [0.25, 0.3) is 0 Å². The van der Waals surface area contributed by atoms with E-state index in [-0.39, 0.29) is 12.4 Å². The number of halogens is 1. The van der Waals surface area contributed by atoms with Crippen LogP contribution in [0.5, 0.6) is 0 Å². The van der Waals surface area contributed by atoms with Crippen LogP contribution < -0.4 is 5.73 Å². The summed E-state index contributed by atoms with van der Waals surface area (Å²) in [7, 11) is 2.19. The molecule has 1 fully saturated rings. The highest BCUT2D eigenvalue weighted by molar-refractivity contribution is 5.85. The number of nitrogens with two attached hydrogens (primary N) is 1. The van der Waals surface area contributed by atoms with Crippen molar-refractivity contribution in [1.82, 2.24) is 4.90 Å². The van der Waals surface area contributed by atoms with Gasteiger partial charge >= 0.3 is 0 Å². The minimum absolute atomic E-state index is 0. The summed E-state index contributed by atoms with van der Waals surface area (Å²) in [5, 5.41) is 0. The quantitative estimate of drug-likeness (QED) is 0.746. The van der Waals surface area contributed by atoms with Crippen molar-refractivity contribution in [2.75, 3.05) is 25.9 Å². The molecular weight excluding hydrogens is 208 g/mol. The Balaban J connectivity index is 0.00000112. The summed E-state index contributed by atoms with van der Waals surface area (Å²) in [4.78, 5) is 2.39. The van der Waals surface area contributed by atoms with E-state index in [1.54, 1.807) is 0 Å². The monoisotopic (exact) mass is 226 g/mol. The summed E-state index contributed by atoms with van der Waals surface area (Å²) in [5.74, 6) is 0.717. The fourth-order valence-electron chi connectivity index (χ4n) is 2.15. The van der Waals surface area contributed by atoms with E-state index < -0.39 is 0 Å². The molecule has 15 heavy (non-hydrogen) atoms. The van der Waals surface area contributed by atoms with E-state index in [0.29, 0.717) is 0 Å². The van der Waals surface area contributed by atoms with Gasteiger partial charge in [-0.1, -0.05) is 12.1 Å². The van der Waals surface area contributed by atoms with Gasteiger partial charge in [-0.05, 0) is 56.6 Å². The third-order valence-corrected chi connectivity index (χ3v) is 3.10. The number of likely N-dealkylation sites (tertiary alicyclic amines) is 1. The first-order chi connectivity index (χ1) is 6.75. The minimum Gasteiger partial charge on any atom is -0.399 e. The normalized spacial score (nSPS) is 18.5. The Morgan fingerprint density at radius 1 is 1.27 bits per heavy atom. The fraction of sp³-hybridized carbons (Fsp3) is 0.500. The van der Waals surface area contributed by atoms with Crippen LogP contribution in [0.2, 0.25) is 0 Å². The van der Waals surface area contributed by atoms with Crippen LogP contribution in [0.1, 0.15) is 24.3 Å². The predicted molar refractivity (Wildman–Crippen MR) is 67.6 cm³/mol. The molecule has 0 aliphatic carbocycles. The largest absolute Gasteiger partial charge is 0.399 e. The average molecular weight is 227 g/mol. The molecule has 1 heterocycles. The molecule has 0 atom stereocenters. The first kappa shape index (κ1) is 12.3. The zero-order chi connectivity index (χ0) is 9.97. The smallest absolute Gasteiger partial charge is 0.0316 e. The maximum absolute atomic E-state index is 5.78. The molecular formula is C12H19ClN2. The van der Waals surface area contributed by atoms with Crippen molar-refractivity contribution in [3.05, 3.63) is 29.8 Å². The lowest BCUT2D eigenvalue weighted by atomic mass is 9.89. The van der Waals surface area contributed by atoms with Gasteiger partial charge in [0.1, 0.15) is 0 Å². The van der Waals surface area contributed by atoms with Crippen LogP contribution in [0, 0.1) is 0 Å². The van der Waals surface area contributed by atoms with Crippen molar-refractivity contribution in [3.8, 4) is 0 Å². The Morgan fingerprint density at radius 3 is 2.53 bits per heavy atom. The number of nitrogen functional groups attached to an aromatic ring is 1. The second-order valence-corrected chi connectivity index (χ2v) is 4.25. The molecule has 84 valence electrons. The SMILES string of the molecule is CN1CCC(c2cccc(N)c2)CC1.Cl. The zero-order valence-corrected chi connectivity index (χ0v) is 9.96. The van der Waals surface area contributed by atoms with Crippen LogP contribution in [0.4, 0.5) is 5.69 Å². The van der Waals surface area contributed by atoms with Gasteiger partial charge in [0.2, 0.25) is 0 Å². The highest BCUT2D eigenvalue weighted by Gasteiger charge is 2.17. The van der Waals surface area contributed by atoms with E-state index in [1.807, 2.05) is 6.07 Å². The van der Waals surface area contributed by atoms with E-state index in [1.165, 1.54) is 31.5 Å². The third-order valence-electron chi connectivity index (χ3n) is 3.10. The summed E-state index contributed by atoms with van der Waals surface area (Å²) < 4.78 is 0. The van der Waals surface area contributed by atoms with E-state index in [0.717, 1.165) is 11.6 Å². The Labute approximate surface area is 97.9 Å². The number of hydrogen-bond donors (Lipinski definition) is 1. The van der Waals surface area contributed by atoms with E-state index in [4.69, 9.17) is 5.73 Å². The van der Waals surface area contributed by atoms with Crippen molar-refractivity contribution in [3.63, 3.8) is 0 Å². The molecule has 0 amide bonds. The number of rotatable bonds is 1. The van der Waals surface area contributed by atoms with Crippen LogP contribution >= 0.6 is 12.4 Å². The number of anilines is 1. The minimum atomic E-state index is 0. The van der Waals surface area contributed by atoms with Gasteiger partial charge in [-0.2, -0.15) is 0 Å². The maximum atomic E-state index is 5.78. The molecule has 1 saturated heterocycles. The lowest BCUT2D eigenvalue weighted by Gasteiger charge is -2.29. The Morgan fingerprint density at radius 2 is 1.93 bits per heavy atom. The first-order valence-electron chi connectivity index (χ1n) is 5.29. The molecule has 0 spiro atoms. The summed E-state index contributed by atoms with van der Waals surface area (Å²) >= 11 is 0. The highest BCUT2D eigenvalue weighted by Crippen LogP contribution is 2.28. The predicted octanol–water partition coefficient (Wildman–Crippen LogP) is 2.50. The Bertz CT molecular complexity index is 306. The molecule has 1 aromatic rings. The Hall–Kier alpha value is -0.730. The van der Waals surface area contributed by atoms with Crippen LogP contribution in [-0.4, -0.2) is 25.0 Å².